The number of pyridine rings is 1. The molecular weight excluding hydrogens is 340 g/mol. The maximum Gasteiger partial charge on any atom is 0.344 e. The molecule has 0 bridgehead atoms. The summed E-state index contributed by atoms with van der Waals surface area (Å²) >= 11 is 0. The Morgan fingerprint density at radius 2 is 1.81 bits per heavy atom. The van der Waals surface area contributed by atoms with Crippen LogP contribution in [0.4, 0.5) is 0 Å². The first kappa shape index (κ1) is 20.4. The van der Waals surface area contributed by atoms with Crippen molar-refractivity contribution in [3.05, 3.63) is 55.9 Å². The molecule has 2 rings (SSSR count). The highest BCUT2D eigenvalue weighted by Gasteiger charge is 2.25. The van der Waals surface area contributed by atoms with Gasteiger partial charge in [0.25, 0.3) is 0 Å². The average Bonchev–Trinajstić information content (AvgIpc) is 2.55. The molecule has 1 N–H and O–H groups in total. The molecule has 27 heavy (non-hydrogen) atoms. The number of carbonyl (C=O) groups is 1. The SMILES string of the molecule is CCOC(=O)c1c(-c2cc(C)c(C(C)(C)C)cc2C)[nH]c(C)c(C#N)c1=O. The Labute approximate surface area is 160 Å². The maximum atomic E-state index is 12.8. The van der Waals surface area contributed by atoms with Gasteiger partial charge in [0.15, 0.2) is 0 Å². The van der Waals surface area contributed by atoms with E-state index in [-0.39, 0.29) is 23.1 Å². The lowest BCUT2D eigenvalue weighted by molar-refractivity contribution is 0.0525. The molecule has 0 amide bonds. The van der Waals surface area contributed by atoms with Crippen molar-refractivity contribution in [2.45, 2.75) is 53.9 Å². The Kier molecular flexibility index (Phi) is 5.60. The number of carbonyl (C=O) groups excluding carboxylic acids is 1. The summed E-state index contributed by atoms with van der Waals surface area (Å²) in [5.74, 6) is -0.720. The molecule has 0 spiro atoms. The zero-order valence-corrected chi connectivity index (χ0v) is 17.0. The second-order valence-electron chi connectivity index (χ2n) is 7.77. The van der Waals surface area contributed by atoms with Crippen molar-refractivity contribution in [2.75, 3.05) is 6.61 Å². The maximum absolute atomic E-state index is 12.8. The summed E-state index contributed by atoms with van der Waals surface area (Å²) in [6.45, 7) is 13.9. The third-order valence-electron chi connectivity index (χ3n) is 4.63. The van der Waals surface area contributed by atoms with E-state index in [0.717, 1.165) is 16.7 Å². The standard InChI is InChI=1S/C22H26N2O3/c1-8-27-21(26)18-19(24-14(4)16(11-23)20(18)25)15-9-13(3)17(10-12(15)2)22(5,6)7/h9-10H,8H2,1-7H3,(H,24,25). The van der Waals surface area contributed by atoms with Crippen LogP contribution in [0, 0.1) is 32.1 Å². The Morgan fingerprint density at radius 3 is 2.33 bits per heavy atom. The fourth-order valence-electron chi connectivity index (χ4n) is 3.35. The zero-order valence-electron chi connectivity index (χ0n) is 17.0. The first-order valence-corrected chi connectivity index (χ1v) is 8.99. The van der Waals surface area contributed by atoms with Crippen LogP contribution in [-0.4, -0.2) is 17.6 Å². The predicted octanol–water partition coefficient (Wildman–Crippen LogP) is 4.31. The normalized spacial score (nSPS) is 11.2. The quantitative estimate of drug-likeness (QED) is 0.820. The van der Waals surface area contributed by atoms with E-state index in [1.54, 1.807) is 13.8 Å². The number of hydrogen-bond acceptors (Lipinski definition) is 4. The molecule has 142 valence electrons. The van der Waals surface area contributed by atoms with Gasteiger partial charge in [0.2, 0.25) is 5.43 Å². The highest BCUT2D eigenvalue weighted by atomic mass is 16.5. The number of aryl methyl sites for hydroxylation is 3. The molecule has 1 aromatic heterocycles. The van der Waals surface area contributed by atoms with Crippen LogP contribution in [0.25, 0.3) is 11.3 Å². The van der Waals surface area contributed by atoms with Crippen molar-refractivity contribution in [3.8, 4) is 17.3 Å². The molecule has 0 radical (unpaired) electrons. The van der Waals surface area contributed by atoms with E-state index in [1.807, 2.05) is 26.0 Å². The number of esters is 1. The van der Waals surface area contributed by atoms with Gasteiger partial charge in [-0.2, -0.15) is 5.26 Å². The molecular formula is C22H26N2O3. The molecule has 0 unspecified atom stereocenters. The minimum Gasteiger partial charge on any atom is -0.462 e. The van der Waals surface area contributed by atoms with Gasteiger partial charge >= 0.3 is 5.97 Å². The van der Waals surface area contributed by atoms with Gasteiger partial charge in [0, 0.05) is 11.3 Å². The van der Waals surface area contributed by atoms with Crippen molar-refractivity contribution in [1.29, 1.82) is 5.26 Å². The van der Waals surface area contributed by atoms with Gasteiger partial charge in [-0.1, -0.05) is 26.8 Å². The lowest BCUT2D eigenvalue weighted by Gasteiger charge is -2.24. The summed E-state index contributed by atoms with van der Waals surface area (Å²) in [6.07, 6.45) is 0. The van der Waals surface area contributed by atoms with Crippen molar-refractivity contribution >= 4 is 5.97 Å². The monoisotopic (exact) mass is 366 g/mol. The van der Waals surface area contributed by atoms with Gasteiger partial charge in [-0.15, -0.1) is 0 Å². The van der Waals surface area contributed by atoms with Crippen LogP contribution in [0.5, 0.6) is 0 Å². The van der Waals surface area contributed by atoms with Crippen LogP contribution < -0.4 is 5.43 Å². The first-order valence-electron chi connectivity index (χ1n) is 8.99. The summed E-state index contributed by atoms with van der Waals surface area (Å²) < 4.78 is 5.09. The molecule has 1 aromatic carbocycles. The smallest absolute Gasteiger partial charge is 0.344 e. The summed E-state index contributed by atoms with van der Waals surface area (Å²) in [5, 5.41) is 9.30. The lowest BCUT2D eigenvalue weighted by atomic mass is 9.81. The number of H-pyrrole nitrogens is 1. The number of hydrogen-bond donors (Lipinski definition) is 1. The van der Waals surface area contributed by atoms with Crippen molar-refractivity contribution in [1.82, 2.24) is 4.98 Å². The Bertz CT molecular complexity index is 1000. The van der Waals surface area contributed by atoms with Crippen LogP contribution in [0.15, 0.2) is 16.9 Å². The Morgan fingerprint density at radius 1 is 1.19 bits per heavy atom. The van der Waals surface area contributed by atoms with Gasteiger partial charge < -0.3 is 9.72 Å². The van der Waals surface area contributed by atoms with Crippen LogP contribution in [0.3, 0.4) is 0 Å². The molecule has 5 heteroatoms. The molecule has 0 aliphatic rings. The van der Waals surface area contributed by atoms with E-state index in [4.69, 9.17) is 4.74 Å². The summed E-state index contributed by atoms with van der Waals surface area (Å²) in [7, 11) is 0. The number of benzene rings is 1. The number of ether oxygens (including phenoxy) is 1. The van der Waals surface area contributed by atoms with E-state index in [9.17, 15) is 14.9 Å². The molecule has 0 saturated heterocycles. The topological polar surface area (TPSA) is 82.9 Å². The minimum atomic E-state index is -0.720. The van der Waals surface area contributed by atoms with Gasteiger partial charge in [0.1, 0.15) is 17.2 Å². The van der Waals surface area contributed by atoms with Crippen molar-refractivity contribution in [3.63, 3.8) is 0 Å². The number of nitriles is 1. The van der Waals surface area contributed by atoms with E-state index in [0.29, 0.717) is 11.4 Å². The highest BCUT2D eigenvalue weighted by molar-refractivity contribution is 5.97. The fraction of sp³-hybridized carbons (Fsp3) is 0.409. The number of aromatic nitrogens is 1. The molecule has 2 aromatic rings. The number of aromatic amines is 1. The summed E-state index contributed by atoms with van der Waals surface area (Å²) in [4.78, 5) is 28.4. The highest BCUT2D eigenvalue weighted by Crippen LogP contribution is 2.33. The van der Waals surface area contributed by atoms with Gasteiger partial charge in [-0.25, -0.2) is 4.79 Å². The molecule has 0 aliphatic carbocycles. The molecule has 0 fully saturated rings. The molecule has 0 saturated carbocycles. The zero-order chi connectivity index (χ0) is 20.5. The van der Waals surface area contributed by atoms with Gasteiger partial charge in [-0.3, -0.25) is 4.79 Å². The predicted molar refractivity (Wildman–Crippen MR) is 106 cm³/mol. The van der Waals surface area contributed by atoms with Gasteiger partial charge in [0.05, 0.1) is 12.3 Å². The number of rotatable bonds is 3. The van der Waals surface area contributed by atoms with Crippen LogP contribution in [-0.2, 0) is 10.2 Å². The Balaban J connectivity index is 2.87. The number of nitrogens with zero attached hydrogens (tertiary/aromatic N) is 1. The van der Waals surface area contributed by atoms with E-state index in [1.165, 1.54) is 5.56 Å². The largest absolute Gasteiger partial charge is 0.462 e. The van der Waals surface area contributed by atoms with Crippen molar-refractivity contribution in [2.24, 2.45) is 0 Å². The van der Waals surface area contributed by atoms with Crippen LogP contribution in [0.2, 0.25) is 0 Å². The molecule has 0 aliphatic heterocycles. The van der Waals surface area contributed by atoms with E-state index in [2.05, 4.69) is 31.8 Å². The molecule has 5 nitrogen and oxygen atoms in total. The fourth-order valence-corrected chi connectivity index (χ4v) is 3.35. The first-order chi connectivity index (χ1) is 12.5. The minimum absolute atomic E-state index is 0.0225. The third-order valence-corrected chi connectivity index (χ3v) is 4.63. The van der Waals surface area contributed by atoms with Crippen LogP contribution in [0.1, 0.15) is 66.0 Å². The summed E-state index contributed by atoms with van der Waals surface area (Å²) in [6, 6.07) is 5.95. The molecule has 0 atom stereocenters. The molecule has 1 heterocycles. The third kappa shape index (κ3) is 3.80. The van der Waals surface area contributed by atoms with E-state index >= 15 is 0 Å². The lowest BCUT2D eigenvalue weighted by Crippen LogP contribution is -2.24. The number of nitrogens with one attached hydrogen (secondary N) is 1. The summed E-state index contributed by atoms with van der Waals surface area (Å²) in [5.41, 5.74) is 4.00. The second kappa shape index (κ2) is 7.40. The van der Waals surface area contributed by atoms with E-state index < -0.39 is 11.4 Å². The average molecular weight is 366 g/mol. The van der Waals surface area contributed by atoms with Gasteiger partial charge in [-0.05, 0) is 55.9 Å². The second-order valence-corrected chi connectivity index (χ2v) is 7.77. The van der Waals surface area contributed by atoms with Crippen molar-refractivity contribution < 1.29 is 9.53 Å². The van der Waals surface area contributed by atoms with Crippen LogP contribution >= 0.6 is 0 Å². The Hall–Kier alpha value is -2.87.